The molecular formula is C18H16ClN3O3S. The van der Waals surface area contributed by atoms with Gasteiger partial charge in [-0.3, -0.25) is 9.59 Å². The Labute approximate surface area is 159 Å². The summed E-state index contributed by atoms with van der Waals surface area (Å²) in [6.45, 7) is 0.224. The van der Waals surface area contributed by atoms with Crippen LogP contribution >= 0.6 is 22.9 Å². The highest BCUT2D eigenvalue weighted by atomic mass is 35.5. The van der Waals surface area contributed by atoms with Crippen LogP contribution in [0.25, 0.3) is 10.2 Å². The van der Waals surface area contributed by atoms with E-state index in [0.717, 1.165) is 10.2 Å². The van der Waals surface area contributed by atoms with E-state index in [1.807, 2.05) is 12.1 Å². The maximum Gasteiger partial charge on any atom is 0.251 e. The molecule has 0 saturated carbocycles. The van der Waals surface area contributed by atoms with Gasteiger partial charge in [-0.1, -0.05) is 23.7 Å². The summed E-state index contributed by atoms with van der Waals surface area (Å²) in [6.07, 6.45) is 0.151. The molecule has 2 amide bonds. The molecule has 134 valence electrons. The van der Waals surface area contributed by atoms with Gasteiger partial charge in [-0.15, -0.1) is 11.3 Å². The number of nitrogens with zero attached hydrogens (tertiary/aromatic N) is 1. The zero-order valence-electron chi connectivity index (χ0n) is 13.9. The SMILES string of the molecule is COc1ccccc1NC(=O)CCNC(=O)c1ccc2nc(Cl)sc2c1. The molecule has 8 heteroatoms. The first-order valence-corrected chi connectivity index (χ1v) is 9.03. The molecule has 0 aliphatic rings. The second-order valence-corrected chi connectivity index (χ2v) is 7.02. The largest absolute Gasteiger partial charge is 0.495 e. The second-order valence-electron chi connectivity index (χ2n) is 5.40. The van der Waals surface area contributed by atoms with Gasteiger partial charge in [-0.05, 0) is 30.3 Å². The molecule has 0 saturated heterocycles. The van der Waals surface area contributed by atoms with Crippen molar-refractivity contribution in [2.75, 3.05) is 19.0 Å². The lowest BCUT2D eigenvalue weighted by molar-refractivity contribution is -0.116. The number of anilines is 1. The Bertz CT molecular complexity index is 958. The number of hydrogen-bond donors (Lipinski definition) is 2. The van der Waals surface area contributed by atoms with Gasteiger partial charge in [-0.25, -0.2) is 4.98 Å². The van der Waals surface area contributed by atoms with Crippen LogP contribution in [0.2, 0.25) is 4.47 Å². The van der Waals surface area contributed by atoms with Crippen LogP contribution in [-0.4, -0.2) is 30.5 Å². The first kappa shape index (κ1) is 18.2. The zero-order chi connectivity index (χ0) is 18.5. The first-order chi connectivity index (χ1) is 12.6. The van der Waals surface area contributed by atoms with Crippen LogP contribution in [0.4, 0.5) is 5.69 Å². The van der Waals surface area contributed by atoms with Crippen LogP contribution in [0.15, 0.2) is 42.5 Å². The highest BCUT2D eigenvalue weighted by Gasteiger charge is 2.11. The van der Waals surface area contributed by atoms with E-state index in [1.165, 1.54) is 11.3 Å². The Morgan fingerprint density at radius 2 is 2.04 bits per heavy atom. The van der Waals surface area contributed by atoms with Crippen LogP contribution in [0, 0.1) is 0 Å². The third-order valence-corrected chi connectivity index (χ3v) is 4.77. The van der Waals surface area contributed by atoms with E-state index < -0.39 is 0 Å². The number of carbonyl (C=O) groups is 2. The third kappa shape index (κ3) is 4.30. The van der Waals surface area contributed by atoms with Crippen molar-refractivity contribution in [2.24, 2.45) is 0 Å². The summed E-state index contributed by atoms with van der Waals surface area (Å²) in [5.74, 6) is 0.127. The Balaban J connectivity index is 1.53. The van der Waals surface area contributed by atoms with Crippen molar-refractivity contribution in [2.45, 2.75) is 6.42 Å². The van der Waals surface area contributed by atoms with Crippen LogP contribution in [0.3, 0.4) is 0 Å². The highest BCUT2D eigenvalue weighted by Crippen LogP contribution is 2.26. The van der Waals surface area contributed by atoms with Gasteiger partial charge in [0.1, 0.15) is 5.75 Å². The molecular weight excluding hydrogens is 374 g/mol. The van der Waals surface area contributed by atoms with Crippen molar-refractivity contribution < 1.29 is 14.3 Å². The number of aromatic nitrogens is 1. The third-order valence-electron chi connectivity index (χ3n) is 3.64. The van der Waals surface area contributed by atoms with E-state index in [4.69, 9.17) is 16.3 Å². The lowest BCUT2D eigenvalue weighted by atomic mass is 10.2. The van der Waals surface area contributed by atoms with E-state index in [-0.39, 0.29) is 24.8 Å². The number of rotatable bonds is 6. The lowest BCUT2D eigenvalue weighted by Crippen LogP contribution is -2.27. The number of hydrogen-bond acceptors (Lipinski definition) is 5. The normalized spacial score (nSPS) is 10.5. The Morgan fingerprint density at radius 3 is 2.85 bits per heavy atom. The van der Waals surface area contributed by atoms with Crippen LogP contribution < -0.4 is 15.4 Å². The number of fused-ring (bicyclic) bond motifs is 1. The topological polar surface area (TPSA) is 80.3 Å². The maximum absolute atomic E-state index is 12.2. The smallest absolute Gasteiger partial charge is 0.251 e. The molecule has 26 heavy (non-hydrogen) atoms. The molecule has 3 rings (SSSR count). The van der Waals surface area contributed by atoms with E-state index in [0.29, 0.717) is 21.5 Å². The number of halogens is 1. The molecule has 1 aromatic heterocycles. The van der Waals surface area contributed by atoms with Gasteiger partial charge in [0.15, 0.2) is 4.47 Å². The molecule has 0 fully saturated rings. The number of methoxy groups -OCH3 is 1. The molecule has 2 aromatic carbocycles. The van der Waals surface area contributed by atoms with Crippen molar-refractivity contribution in [1.29, 1.82) is 0 Å². The van der Waals surface area contributed by atoms with E-state index in [1.54, 1.807) is 37.4 Å². The first-order valence-electron chi connectivity index (χ1n) is 7.84. The van der Waals surface area contributed by atoms with Crippen molar-refractivity contribution in [3.05, 3.63) is 52.5 Å². The lowest BCUT2D eigenvalue weighted by Gasteiger charge is -2.10. The molecule has 2 N–H and O–H groups in total. The molecule has 0 aliphatic heterocycles. The van der Waals surface area contributed by atoms with Crippen molar-refractivity contribution >= 4 is 50.7 Å². The van der Waals surface area contributed by atoms with Gasteiger partial charge in [0.2, 0.25) is 5.91 Å². The molecule has 1 heterocycles. The molecule has 0 radical (unpaired) electrons. The molecule has 0 spiro atoms. The summed E-state index contributed by atoms with van der Waals surface area (Å²) in [5.41, 5.74) is 1.86. The van der Waals surface area contributed by atoms with Crippen molar-refractivity contribution in [1.82, 2.24) is 10.3 Å². The maximum atomic E-state index is 12.2. The zero-order valence-corrected chi connectivity index (χ0v) is 15.5. The quantitative estimate of drug-likeness (QED) is 0.673. The molecule has 3 aromatic rings. The number of nitrogens with one attached hydrogen (secondary N) is 2. The van der Waals surface area contributed by atoms with Crippen LogP contribution in [-0.2, 0) is 4.79 Å². The predicted molar refractivity (Wildman–Crippen MR) is 103 cm³/mol. The summed E-state index contributed by atoms with van der Waals surface area (Å²) in [7, 11) is 1.54. The minimum atomic E-state index is -0.249. The second kappa shape index (κ2) is 8.16. The van der Waals surface area contributed by atoms with Crippen LogP contribution in [0.1, 0.15) is 16.8 Å². The summed E-state index contributed by atoms with van der Waals surface area (Å²) in [4.78, 5) is 28.4. The monoisotopic (exact) mass is 389 g/mol. The van der Waals surface area contributed by atoms with Gasteiger partial charge in [0, 0.05) is 18.5 Å². The van der Waals surface area contributed by atoms with E-state index in [9.17, 15) is 9.59 Å². The molecule has 0 aliphatic carbocycles. The van der Waals surface area contributed by atoms with E-state index in [2.05, 4.69) is 15.6 Å². The van der Waals surface area contributed by atoms with Gasteiger partial charge in [0.05, 0.1) is 23.0 Å². The fourth-order valence-corrected chi connectivity index (χ4v) is 3.46. The van der Waals surface area contributed by atoms with Gasteiger partial charge >= 0.3 is 0 Å². The standard InChI is InChI=1S/C18H16ClN3O3S/c1-25-14-5-3-2-4-12(14)21-16(23)8-9-20-17(24)11-6-7-13-15(10-11)26-18(19)22-13/h2-7,10H,8-9H2,1H3,(H,20,24)(H,21,23). The Morgan fingerprint density at radius 1 is 1.23 bits per heavy atom. The molecule has 0 bridgehead atoms. The average molecular weight is 390 g/mol. The van der Waals surface area contributed by atoms with Gasteiger partial charge in [0.25, 0.3) is 5.91 Å². The fourth-order valence-electron chi connectivity index (χ4n) is 2.39. The average Bonchev–Trinajstić information content (AvgIpc) is 3.01. The minimum absolute atomic E-state index is 0.151. The van der Waals surface area contributed by atoms with Crippen LogP contribution in [0.5, 0.6) is 5.75 Å². The molecule has 0 unspecified atom stereocenters. The van der Waals surface area contributed by atoms with Gasteiger partial charge in [-0.2, -0.15) is 0 Å². The van der Waals surface area contributed by atoms with Gasteiger partial charge < -0.3 is 15.4 Å². The molecule has 0 atom stereocenters. The number of amides is 2. The van der Waals surface area contributed by atoms with E-state index >= 15 is 0 Å². The molecule has 6 nitrogen and oxygen atoms in total. The Kier molecular flexibility index (Phi) is 5.70. The summed E-state index contributed by atoms with van der Waals surface area (Å²) in [5, 5.41) is 5.50. The predicted octanol–water partition coefficient (Wildman–Crippen LogP) is 3.72. The summed E-state index contributed by atoms with van der Waals surface area (Å²) < 4.78 is 6.47. The summed E-state index contributed by atoms with van der Waals surface area (Å²) in [6, 6.07) is 12.3. The fraction of sp³-hybridized carbons (Fsp3) is 0.167. The number of thiazole rings is 1. The summed E-state index contributed by atoms with van der Waals surface area (Å²) >= 11 is 7.19. The van der Waals surface area contributed by atoms with Crippen molar-refractivity contribution in [3.63, 3.8) is 0 Å². The minimum Gasteiger partial charge on any atom is -0.495 e. The number of ether oxygens (including phenoxy) is 1. The van der Waals surface area contributed by atoms with Crippen molar-refractivity contribution in [3.8, 4) is 5.75 Å². The number of para-hydroxylation sites is 2. The Hall–Kier alpha value is -2.64. The highest BCUT2D eigenvalue weighted by molar-refractivity contribution is 7.22. The number of carbonyl (C=O) groups excluding carboxylic acids is 2. The number of benzene rings is 2.